The Morgan fingerprint density at radius 1 is 1.03 bits per heavy atom. The number of carbonyl (C=O) groups is 3. The summed E-state index contributed by atoms with van der Waals surface area (Å²) in [6, 6.07) is 18.7. The number of ether oxygens (including phenoxy) is 2. The third-order valence-corrected chi connectivity index (χ3v) is 5.83. The van der Waals surface area contributed by atoms with Crippen molar-refractivity contribution >= 4 is 17.7 Å². The van der Waals surface area contributed by atoms with Gasteiger partial charge in [-0.3, -0.25) is 9.59 Å². The van der Waals surface area contributed by atoms with E-state index in [-0.39, 0.29) is 36.1 Å². The van der Waals surface area contributed by atoms with Gasteiger partial charge in [-0.05, 0) is 30.2 Å². The lowest BCUT2D eigenvalue weighted by molar-refractivity contribution is -0.141. The Bertz CT molecular complexity index is 935. The van der Waals surface area contributed by atoms with Crippen molar-refractivity contribution in [2.24, 2.45) is 11.8 Å². The molecule has 1 heterocycles. The molecule has 0 N–H and O–H groups in total. The molecule has 5 nitrogen and oxygen atoms in total. The van der Waals surface area contributed by atoms with Crippen LogP contribution in [0.25, 0.3) is 0 Å². The van der Waals surface area contributed by atoms with E-state index in [9.17, 15) is 14.4 Å². The Morgan fingerprint density at radius 2 is 1.73 bits per heavy atom. The highest BCUT2D eigenvalue weighted by molar-refractivity contribution is 5.90. The molecule has 0 unspecified atom stereocenters. The molecule has 0 amide bonds. The second kappa shape index (κ2) is 9.08. The van der Waals surface area contributed by atoms with Gasteiger partial charge in [-0.25, -0.2) is 4.79 Å². The molecule has 0 radical (unpaired) electrons. The lowest BCUT2D eigenvalue weighted by atomic mass is 9.91. The topological polar surface area (TPSA) is 69.7 Å². The normalized spacial score (nSPS) is 25.1. The van der Waals surface area contributed by atoms with Crippen LogP contribution in [0.15, 0.2) is 72.8 Å². The molecule has 2 aromatic rings. The molecule has 1 aliphatic carbocycles. The fourth-order valence-corrected chi connectivity index (χ4v) is 4.28. The first-order chi connectivity index (χ1) is 14.6. The molecular formula is C25H24O5. The van der Waals surface area contributed by atoms with Gasteiger partial charge in [0.1, 0.15) is 12.2 Å². The molecule has 4 atom stereocenters. The summed E-state index contributed by atoms with van der Waals surface area (Å²) in [6.45, 7) is 0. The van der Waals surface area contributed by atoms with Crippen molar-refractivity contribution in [3.05, 3.63) is 83.9 Å². The van der Waals surface area contributed by atoms with Gasteiger partial charge in [0.2, 0.25) is 0 Å². The van der Waals surface area contributed by atoms with Gasteiger partial charge < -0.3 is 9.47 Å². The number of allylic oxidation sites excluding steroid dienone is 1. The lowest BCUT2D eigenvalue weighted by Crippen LogP contribution is -2.25. The number of esters is 2. The number of rotatable bonds is 7. The molecule has 0 bridgehead atoms. The minimum atomic E-state index is -0.418. The number of hydrogen-bond donors (Lipinski definition) is 0. The fraction of sp³-hybridized carbons (Fsp3) is 0.320. The highest BCUT2D eigenvalue weighted by Crippen LogP contribution is 2.43. The zero-order valence-corrected chi connectivity index (χ0v) is 16.6. The number of carbonyl (C=O) groups excluding carboxylic acids is 3. The minimum Gasteiger partial charge on any atom is -0.462 e. The van der Waals surface area contributed by atoms with E-state index in [1.165, 1.54) is 0 Å². The SMILES string of the molecule is O=C(C=C[C@@H]1[C@H]2CC(=O)O[C@H]2C[C@H]1OC(=O)c1ccccc1)CCc1ccccc1. The summed E-state index contributed by atoms with van der Waals surface area (Å²) in [6.07, 6.45) is 4.53. The Balaban J connectivity index is 1.42. The maximum atomic E-state index is 12.5. The molecule has 1 saturated carbocycles. The van der Waals surface area contributed by atoms with E-state index in [1.54, 1.807) is 30.3 Å². The van der Waals surface area contributed by atoms with Gasteiger partial charge in [0.05, 0.1) is 12.0 Å². The van der Waals surface area contributed by atoms with Crippen LogP contribution in [0.4, 0.5) is 0 Å². The Morgan fingerprint density at radius 3 is 2.47 bits per heavy atom. The predicted molar refractivity (Wildman–Crippen MR) is 111 cm³/mol. The molecule has 154 valence electrons. The Labute approximate surface area is 175 Å². The smallest absolute Gasteiger partial charge is 0.338 e. The van der Waals surface area contributed by atoms with Crippen LogP contribution >= 0.6 is 0 Å². The van der Waals surface area contributed by atoms with E-state index in [2.05, 4.69) is 0 Å². The van der Waals surface area contributed by atoms with Gasteiger partial charge in [0.25, 0.3) is 0 Å². The molecule has 1 saturated heterocycles. The Hall–Kier alpha value is -3.21. The average molecular weight is 404 g/mol. The van der Waals surface area contributed by atoms with Gasteiger partial charge in [-0.15, -0.1) is 0 Å². The first-order valence-electron chi connectivity index (χ1n) is 10.3. The third-order valence-electron chi connectivity index (χ3n) is 5.83. The largest absolute Gasteiger partial charge is 0.462 e. The van der Waals surface area contributed by atoms with Crippen LogP contribution in [-0.2, 0) is 25.5 Å². The minimum absolute atomic E-state index is 0.0145. The predicted octanol–water partition coefficient (Wildman–Crippen LogP) is 3.92. The summed E-state index contributed by atoms with van der Waals surface area (Å²) in [5, 5.41) is 0. The molecule has 2 aliphatic rings. The van der Waals surface area contributed by atoms with Crippen LogP contribution in [0.5, 0.6) is 0 Å². The van der Waals surface area contributed by atoms with Crippen molar-refractivity contribution in [2.45, 2.75) is 37.9 Å². The van der Waals surface area contributed by atoms with Crippen LogP contribution in [0.3, 0.4) is 0 Å². The van der Waals surface area contributed by atoms with Crippen LogP contribution < -0.4 is 0 Å². The zero-order valence-electron chi connectivity index (χ0n) is 16.6. The van der Waals surface area contributed by atoms with E-state index in [0.29, 0.717) is 24.8 Å². The monoisotopic (exact) mass is 404 g/mol. The van der Waals surface area contributed by atoms with Gasteiger partial charge in [-0.1, -0.05) is 54.6 Å². The second-order valence-electron chi connectivity index (χ2n) is 7.83. The Kier molecular flexibility index (Phi) is 6.07. The maximum absolute atomic E-state index is 12.5. The van der Waals surface area contributed by atoms with Crippen molar-refractivity contribution in [1.82, 2.24) is 0 Å². The van der Waals surface area contributed by atoms with E-state index in [4.69, 9.17) is 9.47 Å². The van der Waals surface area contributed by atoms with Crippen molar-refractivity contribution in [2.75, 3.05) is 0 Å². The van der Waals surface area contributed by atoms with E-state index < -0.39 is 12.1 Å². The summed E-state index contributed by atoms with van der Waals surface area (Å²) in [7, 11) is 0. The first kappa shape index (κ1) is 20.1. The van der Waals surface area contributed by atoms with E-state index >= 15 is 0 Å². The third kappa shape index (κ3) is 4.67. The second-order valence-corrected chi connectivity index (χ2v) is 7.83. The molecule has 2 fully saturated rings. The zero-order chi connectivity index (χ0) is 20.9. The van der Waals surface area contributed by atoms with Crippen molar-refractivity contribution in [3.8, 4) is 0 Å². The molecule has 2 aromatic carbocycles. The highest BCUT2D eigenvalue weighted by atomic mass is 16.6. The summed E-state index contributed by atoms with van der Waals surface area (Å²) in [5.41, 5.74) is 1.60. The van der Waals surface area contributed by atoms with Crippen LogP contribution in [0.2, 0.25) is 0 Å². The first-order valence-corrected chi connectivity index (χ1v) is 10.3. The molecule has 30 heavy (non-hydrogen) atoms. The van der Waals surface area contributed by atoms with Crippen LogP contribution in [-0.4, -0.2) is 29.9 Å². The van der Waals surface area contributed by atoms with Crippen molar-refractivity contribution in [1.29, 1.82) is 0 Å². The van der Waals surface area contributed by atoms with Crippen LogP contribution in [0, 0.1) is 11.8 Å². The quantitative estimate of drug-likeness (QED) is 0.517. The molecule has 1 aliphatic heterocycles. The average Bonchev–Trinajstić information content (AvgIpc) is 3.27. The fourth-order valence-electron chi connectivity index (χ4n) is 4.28. The number of fused-ring (bicyclic) bond motifs is 1. The van der Waals surface area contributed by atoms with Crippen LogP contribution in [0.1, 0.15) is 35.2 Å². The maximum Gasteiger partial charge on any atom is 0.338 e. The molecule has 0 spiro atoms. The van der Waals surface area contributed by atoms with E-state index in [0.717, 1.165) is 5.56 Å². The summed E-state index contributed by atoms with van der Waals surface area (Å²) in [4.78, 5) is 36.6. The standard InChI is InChI=1S/C25H24O5/c26-19(12-11-17-7-3-1-4-8-17)13-14-20-21-15-24(27)29-23(21)16-22(20)30-25(28)18-9-5-2-6-10-18/h1-10,13-14,20-23H,11-12,15-16H2/t20-,21-,22-,23+/m1/s1. The lowest BCUT2D eigenvalue weighted by Gasteiger charge is -2.20. The molecule has 4 rings (SSSR count). The molecule has 0 aromatic heterocycles. The van der Waals surface area contributed by atoms with Gasteiger partial charge in [0.15, 0.2) is 5.78 Å². The summed E-state index contributed by atoms with van der Waals surface area (Å²) in [5.74, 6) is -0.896. The van der Waals surface area contributed by atoms with Crippen molar-refractivity contribution in [3.63, 3.8) is 0 Å². The number of benzene rings is 2. The van der Waals surface area contributed by atoms with Gasteiger partial charge >= 0.3 is 11.9 Å². The number of aryl methyl sites for hydroxylation is 1. The molecular weight excluding hydrogens is 380 g/mol. The van der Waals surface area contributed by atoms with E-state index in [1.807, 2.05) is 42.5 Å². The highest BCUT2D eigenvalue weighted by Gasteiger charge is 2.50. The van der Waals surface area contributed by atoms with Crippen molar-refractivity contribution < 1.29 is 23.9 Å². The van der Waals surface area contributed by atoms with Gasteiger partial charge in [0, 0.05) is 24.7 Å². The number of hydrogen-bond acceptors (Lipinski definition) is 5. The summed E-state index contributed by atoms with van der Waals surface area (Å²) >= 11 is 0. The number of ketones is 1. The van der Waals surface area contributed by atoms with Gasteiger partial charge in [-0.2, -0.15) is 0 Å². The summed E-state index contributed by atoms with van der Waals surface area (Å²) < 4.78 is 11.1. The molecule has 5 heteroatoms.